The summed E-state index contributed by atoms with van der Waals surface area (Å²) in [5, 5.41) is 7.01. The molecule has 1 aromatic carbocycles. The number of hydrogen-bond donors (Lipinski definition) is 3. The van der Waals surface area contributed by atoms with Crippen LogP contribution in [0.2, 0.25) is 0 Å². The number of anilines is 2. The molecule has 19 heavy (non-hydrogen) atoms. The number of benzene rings is 1. The Kier molecular flexibility index (Phi) is 2.95. The van der Waals surface area contributed by atoms with Gasteiger partial charge in [-0.3, -0.25) is 9.78 Å². The van der Waals surface area contributed by atoms with E-state index in [0.29, 0.717) is 11.7 Å². The molecule has 1 aliphatic rings. The number of nitrogens with two attached hydrogens (primary N) is 1. The van der Waals surface area contributed by atoms with Crippen LogP contribution in [0, 0.1) is 0 Å². The third kappa shape index (κ3) is 2.59. The fraction of sp³-hybridized carbons (Fsp3) is 0.286. The number of nitrogen functional groups attached to an aromatic ring is 1. The maximum absolute atomic E-state index is 11.7. The number of amides is 1. The molecule has 1 heterocycles. The van der Waals surface area contributed by atoms with Crippen molar-refractivity contribution in [2.75, 3.05) is 17.6 Å². The summed E-state index contributed by atoms with van der Waals surface area (Å²) in [6, 6.07) is 7.89. The van der Waals surface area contributed by atoms with Gasteiger partial charge < -0.3 is 16.4 Å². The molecule has 2 aromatic rings. The van der Waals surface area contributed by atoms with E-state index in [-0.39, 0.29) is 12.5 Å². The van der Waals surface area contributed by atoms with E-state index in [0.717, 1.165) is 29.4 Å². The van der Waals surface area contributed by atoms with E-state index in [9.17, 15) is 4.79 Å². The van der Waals surface area contributed by atoms with Crippen LogP contribution in [0.3, 0.4) is 0 Å². The number of rotatable bonds is 4. The highest BCUT2D eigenvalue weighted by Crippen LogP contribution is 2.25. The standard InChI is InChI=1S/C14H16N4O/c15-11-3-1-2-10-12(6-7-16-14(10)11)17-8-13(19)18-9-4-5-9/h1-3,6-7,9H,4-5,8,15H2,(H,16,17)(H,18,19). The molecule has 0 radical (unpaired) electrons. The van der Waals surface area contributed by atoms with Crippen LogP contribution in [-0.2, 0) is 4.79 Å². The van der Waals surface area contributed by atoms with Gasteiger partial charge in [0.05, 0.1) is 17.7 Å². The predicted octanol–water partition coefficient (Wildman–Crippen LogP) is 1.51. The van der Waals surface area contributed by atoms with Gasteiger partial charge in [0.15, 0.2) is 0 Å². The number of para-hydroxylation sites is 1. The Balaban J connectivity index is 1.76. The molecular formula is C14H16N4O. The molecule has 0 atom stereocenters. The van der Waals surface area contributed by atoms with E-state index in [1.807, 2.05) is 24.3 Å². The Morgan fingerprint density at radius 1 is 1.37 bits per heavy atom. The minimum absolute atomic E-state index is 0.0244. The minimum Gasteiger partial charge on any atom is -0.397 e. The van der Waals surface area contributed by atoms with Crippen molar-refractivity contribution in [1.82, 2.24) is 10.3 Å². The third-order valence-electron chi connectivity index (χ3n) is 3.18. The van der Waals surface area contributed by atoms with E-state index in [1.54, 1.807) is 6.20 Å². The largest absolute Gasteiger partial charge is 0.397 e. The molecule has 0 spiro atoms. The van der Waals surface area contributed by atoms with Gasteiger partial charge in [0.2, 0.25) is 5.91 Å². The average Bonchev–Trinajstić information content (AvgIpc) is 3.21. The molecule has 3 rings (SSSR count). The zero-order valence-corrected chi connectivity index (χ0v) is 10.5. The van der Waals surface area contributed by atoms with Crippen LogP contribution in [0.1, 0.15) is 12.8 Å². The van der Waals surface area contributed by atoms with Crippen LogP contribution >= 0.6 is 0 Å². The highest BCUT2D eigenvalue weighted by atomic mass is 16.2. The number of nitrogens with one attached hydrogen (secondary N) is 2. The Morgan fingerprint density at radius 3 is 3.00 bits per heavy atom. The summed E-state index contributed by atoms with van der Waals surface area (Å²) in [7, 11) is 0. The quantitative estimate of drug-likeness (QED) is 0.724. The van der Waals surface area contributed by atoms with Crippen molar-refractivity contribution in [1.29, 1.82) is 0 Å². The molecule has 1 amide bonds. The molecule has 4 N–H and O–H groups in total. The Labute approximate surface area is 111 Å². The monoisotopic (exact) mass is 256 g/mol. The van der Waals surface area contributed by atoms with E-state index >= 15 is 0 Å². The Morgan fingerprint density at radius 2 is 2.21 bits per heavy atom. The third-order valence-corrected chi connectivity index (χ3v) is 3.18. The van der Waals surface area contributed by atoms with Crippen LogP contribution in [0.15, 0.2) is 30.5 Å². The molecular weight excluding hydrogens is 240 g/mol. The molecule has 98 valence electrons. The molecule has 5 nitrogen and oxygen atoms in total. The summed E-state index contributed by atoms with van der Waals surface area (Å²) in [5.74, 6) is 0.0244. The lowest BCUT2D eigenvalue weighted by molar-refractivity contribution is -0.119. The van der Waals surface area contributed by atoms with Crippen molar-refractivity contribution in [3.8, 4) is 0 Å². The lowest BCUT2D eigenvalue weighted by Crippen LogP contribution is -2.31. The normalized spacial score (nSPS) is 14.3. The zero-order valence-electron chi connectivity index (χ0n) is 10.5. The number of carbonyl (C=O) groups is 1. The predicted molar refractivity (Wildman–Crippen MR) is 75.8 cm³/mol. The molecule has 0 bridgehead atoms. The number of fused-ring (bicyclic) bond motifs is 1. The number of carbonyl (C=O) groups excluding carboxylic acids is 1. The average molecular weight is 256 g/mol. The summed E-state index contributed by atoms with van der Waals surface area (Å²) >= 11 is 0. The van der Waals surface area contributed by atoms with E-state index in [1.165, 1.54) is 0 Å². The fourth-order valence-electron chi connectivity index (χ4n) is 2.03. The lowest BCUT2D eigenvalue weighted by Gasteiger charge is -2.10. The zero-order chi connectivity index (χ0) is 13.2. The van der Waals surface area contributed by atoms with Crippen LogP contribution in [0.5, 0.6) is 0 Å². The van der Waals surface area contributed by atoms with Gasteiger partial charge in [-0.05, 0) is 25.0 Å². The molecule has 1 fully saturated rings. The first kappa shape index (κ1) is 11.8. The van der Waals surface area contributed by atoms with Crippen LogP contribution in [-0.4, -0.2) is 23.5 Å². The Bertz CT molecular complexity index is 622. The number of pyridine rings is 1. The first-order chi connectivity index (χ1) is 9.24. The molecule has 0 aliphatic heterocycles. The van der Waals surface area contributed by atoms with E-state index in [2.05, 4.69) is 15.6 Å². The molecule has 0 saturated heterocycles. The summed E-state index contributed by atoms with van der Waals surface area (Å²) < 4.78 is 0. The van der Waals surface area contributed by atoms with Crippen LogP contribution in [0.25, 0.3) is 10.9 Å². The molecule has 1 saturated carbocycles. The maximum atomic E-state index is 11.7. The van der Waals surface area contributed by atoms with Crippen molar-refractivity contribution in [2.45, 2.75) is 18.9 Å². The van der Waals surface area contributed by atoms with Gasteiger partial charge in [0.25, 0.3) is 0 Å². The molecule has 1 aromatic heterocycles. The second kappa shape index (κ2) is 4.76. The van der Waals surface area contributed by atoms with Crippen molar-refractivity contribution < 1.29 is 4.79 Å². The van der Waals surface area contributed by atoms with Gasteiger partial charge in [-0.25, -0.2) is 0 Å². The number of hydrogen-bond acceptors (Lipinski definition) is 4. The van der Waals surface area contributed by atoms with Crippen LogP contribution < -0.4 is 16.4 Å². The molecule has 5 heteroatoms. The van der Waals surface area contributed by atoms with Gasteiger partial charge in [0, 0.05) is 23.3 Å². The van der Waals surface area contributed by atoms with Crippen molar-refractivity contribution in [3.63, 3.8) is 0 Å². The SMILES string of the molecule is Nc1cccc2c(NCC(=O)NC3CC3)ccnc12. The smallest absolute Gasteiger partial charge is 0.239 e. The summed E-state index contributed by atoms with van der Waals surface area (Å²) in [6.45, 7) is 0.268. The second-order valence-corrected chi connectivity index (χ2v) is 4.80. The second-order valence-electron chi connectivity index (χ2n) is 4.80. The van der Waals surface area contributed by atoms with Gasteiger partial charge in [-0.15, -0.1) is 0 Å². The lowest BCUT2D eigenvalue weighted by atomic mass is 10.1. The van der Waals surface area contributed by atoms with Crippen LogP contribution in [0.4, 0.5) is 11.4 Å². The fourth-order valence-corrected chi connectivity index (χ4v) is 2.03. The molecule has 1 aliphatic carbocycles. The topological polar surface area (TPSA) is 80.0 Å². The maximum Gasteiger partial charge on any atom is 0.239 e. The van der Waals surface area contributed by atoms with E-state index < -0.39 is 0 Å². The van der Waals surface area contributed by atoms with E-state index in [4.69, 9.17) is 5.73 Å². The van der Waals surface area contributed by atoms with Crippen molar-refractivity contribution in [3.05, 3.63) is 30.5 Å². The minimum atomic E-state index is 0.0244. The number of nitrogens with zero attached hydrogens (tertiary/aromatic N) is 1. The first-order valence-corrected chi connectivity index (χ1v) is 6.40. The van der Waals surface area contributed by atoms with Gasteiger partial charge in [0.1, 0.15) is 0 Å². The van der Waals surface area contributed by atoms with Crippen molar-refractivity contribution in [2.24, 2.45) is 0 Å². The van der Waals surface area contributed by atoms with Gasteiger partial charge in [-0.2, -0.15) is 0 Å². The first-order valence-electron chi connectivity index (χ1n) is 6.40. The summed E-state index contributed by atoms with van der Waals surface area (Å²) in [5.41, 5.74) is 8.17. The number of aromatic nitrogens is 1. The summed E-state index contributed by atoms with van der Waals surface area (Å²) in [4.78, 5) is 15.9. The van der Waals surface area contributed by atoms with Gasteiger partial charge >= 0.3 is 0 Å². The highest BCUT2D eigenvalue weighted by Gasteiger charge is 2.22. The molecule has 0 unspecified atom stereocenters. The highest BCUT2D eigenvalue weighted by molar-refractivity contribution is 5.98. The Hall–Kier alpha value is -2.30. The van der Waals surface area contributed by atoms with Crippen molar-refractivity contribution >= 4 is 28.2 Å². The van der Waals surface area contributed by atoms with Gasteiger partial charge in [-0.1, -0.05) is 12.1 Å². The summed E-state index contributed by atoms with van der Waals surface area (Å²) in [6.07, 6.45) is 3.89.